The van der Waals surface area contributed by atoms with E-state index in [4.69, 9.17) is 9.73 Å². The third-order valence-corrected chi connectivity index (χ3v) is 5.63. The number of nitrogens with one attached hydrogen (secondary N) is 1. The van der Waals surface area contributed by atoms with Crippen LogP contribution in [-0.2, 0) is 9.53 Å². The Balaban J connectivity index is 1.66. The van der Waals surface area contributed by atoms with Crippen LogP contribution in [0.1, 0.15) is 30.5 Å². The summed E-state index contributed by atoms with van der Waals surface area (Å²) in [5.41, 5.74) is 5.63. The Morgan fingerprint density at radius 3 is 2.50 bits per heavy atom. The molecule has 0 saturated carbocycles. The van der Waals surface area contributed by atoms with E-state index in [1.54, 1.807) is 0 Å². The van der Waals surface area contributed by atoms with Gasteiger partial charge in [-0.3, -0.25) is 9.69 Å². The molecule has 3 atom stereocenters. The standard InChI is InChI=1S/C23H27N3O2/c1-15-9-10-19(11-16(15)2)24-22-20-7-5-6-8-21(20)26(23(22)27)14-25-12-17(3)28-18(4)13-25/h5-11,17-18H,12-14H2,1-4H3/p+1/t17-,18+. The van der Waals surface area contributed by atoms with Crippen molar-refractivity contribution < 1.29 is 14.4 Å². The number of hydrogen-bond acceptors (Lipinski definition) is 3. The van der Waals surface area contributed by atoms with Crippen molar-refractivity contribution in [1.82, 2.24) is 0 Å². The van der Waals surface area contributed by atoms with E-state index in [0.29, 0.717) is 12.4 Å². The van der Waals surface area contributed by atoms with Crippen molar-refractivity contribution in [2.24, 2.45) is 4.99 Å². The van der Waals surface area contributed by atoms with E-state index in [9.17, 15) is 4.79 Å². The lowest BCUT2D eigenvalue weighted by molar-refractivity contribution is -0.913. The fourth-order valence-corrected chi connectivity index (χ4v) is 4.19. The number of nitrogens with zero attached hydrogens (tertiary/aromatic N) is 2. The van der Waals surface area contributed by atoms with E-state index in [-0.39, 0.29) is 18.1 Å². The minimum absolute atomic E-state index is 0.0151. The minimum Gasteiger partial charge on any atom is -0.364 e. The van der Waals surface area contributed by atoms with Gasteiger partial charge in [0.2, 0.25) is 0 Å². The molecule has 0 bridgehead atoms. The maximum atomic E-state index is 13.3. The first-order valence-corrected chi connectivity index (χ1v) is 9.98. The third kappa shape index (κ3) is 3.60. The van der Waals surface area contributed by atoms with E-state index in [1.807, 2.05) is 41.3 Å². The van der Waals surface area contributed by atoms with Gasteiger partial charge in [0, 0.05) is 5.56 Å². The van der Waals surface area contributed by atoms with Crippen LogP contribution in [0.5, 0.6) is 0 Å². The molecular weight excluding hydrogens is 350 g/mol. The normalized spacial score (nSPS) is 26.0. The Kier molecular flexibility index (Phi) is 5.04. The number of benzene rings is 2. The van der Waals surface area contributed by atoms with Crippen LogP contribution in [0.25, 0.3) is 0 Å². The molecule has 5 heteroatoms. The van der Waals surface area contributed by atoms with Gasteiger partial charge in [-0.2, -0.15) is 0 Å². The van der Waals surface area contributed by atoms with E-state index >= 15 is 0 Å². The van der Waals surface area contributed by atoms with Gasteiger partial charge in [0.15, 0.2) is 6.67 Å². The Hall–Kier alpha value is -2.50. The first-order valence-electron chi connectivity index (χ1n) is 9.98. The van der Waals surface area contributed by atoms with Crippen LogP contribution in [0.15, 0.2) is 47.5 Å². The van der Waals surface area contributed by atoms with Crippen molar-refractivity contribution in [3.63, 3.8) is 0 Å². The van der Waals surface area contributed by atoms with Crippen molar-refractivity contribution in [3.8, 4) is 0 Å². The first kappa shape index (κ1) is 18.8. The highest BCUT2D eigenvalue weighted by Crippen LogP contribution is 2.30. The van der Waals surface area contributed by atoms with Crippen LogP contribution in [-0.4, -0.2) is 43.6 Å². The van der Waals surface area contributed by atoms with E-state index in [1.165, 1.54) is 16.0 Å². The second-order valence-electron chi connectivity index (χ2n) is 8.05. The zero-order valence-electron chi connectivity index (χ0n) is 17.0. The fraction of sp³-hybridized carbons (Fsp3) is 0.391. The van der Waals surface area contributed by atoms with Crippen molar-refractivity contribution in [3.05, 3.63) is 59.2 Å². The molecule has 1 saturated heterocycles. The number of aliphatic imine (C=N–C) groups is 1. The molecule has 2 aliphatic heterocycles. The number of fused-ring (bicyclic) bond motifs is 1. The Morgan fingerprint density at radius 2 is 1.79 bits per heavy atom. The van der Waals surface area contributed by atoms with Gasteiger partial charge in [-0.15, -0.1) is 0 Å². The first-order chi connectivity index (χ1) is 13.4. The van der Waals surface area contributed by atoms with Gasteiger partial charge in [-0.05, 0) is 57.0 Å². The summed E-state index contributed by atoms with van der Waals surface area (Å²) >= 11 is 0. The second-order valence-corrected chi connectivity index (χ2v) is 8.05. The molecule has 5 nitrogen and oxygen atoms in total. The number of carbonyl (C=O) groups is 1. The molecule has 0 aromatic heterocycles. The van der Waals surface area contributed by atoms with E-state index in [2.05, 4.69) is 33.8 Å². The molecule has 1 amide bonds. The van der Waals surface area contributed by atoms with Gasteiger partial charge in [-0.1, -0.05) is 24.3 Å². The van der Waals surface area contributed by atoms with E-state index < -0.39 is 0 Å². The highest BCUT2D eigenvalue weighted by molar-refractivity contribution is 6.54. The Bertz CT molecular complexity index is 927. The molecule has 0 radical (unpaired) electrons. The lowest BCUT2D eigenvalue weighted by Gasteiger charge is -2.34. The number of ether oxygens (including phenoxy) is 1. The summed E-state index contributed by atoms with van der Waals surface area (Å²) in [6.07, 6.45) is 0.408. The van der Waals surface area contributed by atoms with Crippen LogP contribution in [0, 0.1) is 13.8 Å². The van der Waals surface area contributed by atoms with Gasteiger partial charge in [0.25, 0.3) is 5.91 Å². The Morgan fingerprint density at radius 1 is 1.07 bits per heavy atom. The van der Waals surface area contributed by atoms with Crippen LogP contribution in [0.4, 0.5) is 11.4 Å². The lowest BCUT2D eigenvalue weighted by atomic mass is 10.1. The van der Waals surface area contributed by atoms with Crippen molar-refractivity contribution in [2.45, 2.75) is 39.9 Å². The molecule has 4 rings (SSSR count). The quantitative estimate of drug-likeness (QED) is 0.892. The molecule has 0 aliphatic carbocycles. The number of anilines is 1. The lowest BCUT2D eigenvalue weighted by Crippen LogP contribution is -3.17. The zero-order chi connectivity index (χ0) is 19.8. The maximum Gasteiger partial charge on any atom is 0.281 e. The number of aryl methyl sites for hydroxylation is 2. The number of rotatable bonds is 3. The van der Waals surface area contributed by atoms with Gasteiger partial charge in [-0.25, -0.2) is 4.99 Å². The van der Waals surface area contributed by atoms with Crippen LogP contribution < -0.4 is 9.80 Å². The monoisotopic (exact) mass is 378 g/mol. The number of para-hydroxylation sites is 1. The summed E-state index contributed by atoms with van der Waals surface area (Å²) in [6, 6.07) is 14.0. The molecule has 2 heterocycles. The van der Waals surface area contributed by atoms with Crippen molar-refractivity contribution in [1.29, 1.82) is 0 Å². The second kappa shape index (κ2) is 7.49. The molecule has 1 N–H and O–H groups in total. The maximum absolute atomic E-state index is 13.3. The van der Waals surface area contributed by atoms with Crippen molar-refractivity contribution in [2.75, 3.05) is 24.7 Å². The predicted octanol–water partition coefficient (Wildman–Crippen LogP) is 2.42. The number of hydrogen-bond donors (Lipinski definition) is 1. The van der Waals surface area contributed by atoms with Crippen molar-refractivity contribution >= 4 is 23.0 Å². The summed E-state index contributed by atoms with van der Waals surface area (Å²) in [5.74, 6) is -0.0151. The highest BCUT2D eigenvalue weighted by Gasteiger charge is 2.37. The molecule has 2 aromatic carbocycles. The topological polar surface area (TPSA) is 46.3 Å². The number of quaternary nitrogens is 1. The van der Waals surface area contributed by atoms with E-state index in [0.717, 1.165) is 30.0 Å². The van der Waals surface area contributed by atoms with Gasteiger partial charge >= 0.3 is 0 Å². The largest absolute Gasteiger partial charge is 0.364 e. The minimum atomic E-state index is -0.0151. The number of morpholine rings is 1. The summed E-state index contributed by atoms with van der Waals surface area (Å²) in [7, 11) is 0. The molecular formula is C23H28N3O2+. The molecule has 2 aromatic rings. The fourth-order valence-electron chi connectivity index (χ4n) is 4.19. The third-order valence-electron chi connectivity index (χ3n) is 5.63. The summed E-state index contributed by atoms with van der Waals surface area (Å²) < 4.78 is 5.85. The van der Waals surface area contributed by atoms with Gasteiger partial charge in [0.1, 0.15) is 31.0 Å². The predicted molar refractivity (Wildman–Crippen MR) is 112 cm³/mol. The van der Waals surface area contributed by atoms with Crippen LogP contribution >= 0.6 is 0 Å². The molecule has 2 aliphatic rings. The molecule has 1 unspecified atom stereocenters. The summed E-state index contributed by atoms with van der Waals surface area (Å²) in [4.78, 5) is 21.3. The summed E-state index contributed by atoms with van der Waals surface area (Å²) in [5, 5.41) is 0. The SMILES string of the molecule is Cc1ccc(N=C2C(=O)N(C[NH+]3C[C@@H](C)O[C@@H](C)C3)c3ccccc32)cc1C. The number of carbonyl (C=O) groups excluding carboxylic acids is 1. The van der Waals surface area contributed by atoms with Gasteiger partial charge < -0.3 is 9.64 Å². The molecule has 28 heavy (non-hydrogen) atoms. The zero-order valence-corrected chi connectivity index (χ0v) is 17.0. The summed E-state index contributed by atoms with van der Waals surface area (Å²) in [6.45, 7) is 10.8. The highest BCUT2D eigenvalue weighted by atomic mass is 16.5. The molecule has 146 valence electrons. The molecule has 1 fully saturated rings. The van der Waals surface area contributed by atoms with Crippen LogP contribution in [0.3, 0.4) is 0 Å². The van der Waals surface area contributed by atoms with Gasteiger partial charge in [0.05, 0.1) is 11.4 Å². The smallest absolute Gasteiger partial charge is 0.281 e. The average Bonchev–Trinajstić information content (AvgIpc) is 2.90. The number of amides is 1. The Labute approximate surface area is 166 Å². The van der Waals surface area contributed by atoms with Crippen LogP contribution in [0.2, 0.25) is 0 Å². The molecule has 0 spiro atoms. The average molecular weight is 378 g/mol.